The van der Waals surface area contributed by atoms with Crippen LogP contribution in [0, 0.1) is 18.8 Å². The van der Waals surface area contributed by atoms with E-state index in [4.69, 9.17) is 25.8 Å². The van der Waals surface area contributed by atoms with Crippen LogP contribution in [0.5, 0.6) is 0 Å². The van der Waals surface area contributed by atoms with Crippen LogP contribution in [0.25, 0.3) is 0 Å². The predicted molar refractivity (Wildman–Crippen MR) is 199 cm³/mol. The lowest BCUT2D eigenvalue weighted by Crippen LogP contribution is -2.60. The zero-order valence-electron chi connectivity index (χ0n) is 31.7. The largest absolute Gasteiger partial charge is 0.459 e. The van der Waals surface area contributed by atoms with Gasteiger partial charge in [0.15, 0.2) is 0 Å². The van der Waals surface area contributed by atoms with Crippen LogP contribution >= 0.6 is 11.6 Å². The molecule has 4 amide bonds. The Kier molecular flexibility index (Phi) is 12.5. The van der Waals surface area contributed by atoms with Gasteiger partial charge in [-0.2, -0.15) is 0 Å². The van der Waals surface area contributed by atoms with Crippen LogP contribution in [0.15, 0.2) is 48.1 Å². The fraction of sp³-hybridized carbons (Fsp3) is 0.550. The first-order valence-electron chi connectivity index (χ1n) is 18.4. The Morgan fingerprint density at radius 2 is 1.74 bits per heavy atom. The minimum atomic E-state index is -1.61. The summed E-state index contributed by atoms with van der Waals surface area (Å²) in [5.41, 5.74) is 0.482. The van der Waals surface area contributed by atoms with Gasteiger partial charge in [-0.05, 0) is 57.2 Å². The number of alkyl carbamates (subject to hydrolysis) is 1. The van der Waals surface area contributed by atoms with E-state index in [9.17, 15) is 33.9 Å². The molecule has 4 aliphatic heterocycles. The first-order chi connectivity index (χ1) is 25.4. The molecule has 1 aromatic carbocycles. The standard InChI is InChI=1S/C40H50ClN3O10/c1-23-10-7-11-25(3)40(51)22-30(52-38(50)42-40)26(4)37-39(5,54-37)31(21-34(48)43(6)29-20-27(18-23)19-24(2)36(29)41)53-35(49)14-8-12-28(45)13-9-17-44-32(46)15-16-33(44)47/h7,10-11,15-16,19-20,25-26,30-31,37,51H,8-9,12-14,17-18,21-22H2,1-6H3,(H,42,50)/b11-7+,23-10+. The van der Waals surface area contributed by atoms with Crippen molar-refractivity contribution in [3.63, 3.8) is 0 Å². The molecule has 4 bridgehead atoms. The molecular formula is C40H50ClN3O10. The summed E-state index contributed by atoms with van der Waals surface area (Å²) in [6, 6.07) is 3.82. The highest BCUT2D eigenvalue weighted by atomic mass is 35.5. The molecule has 2 fully saturated rings. The minimum absolute atomic E-state index is 0.0648. The van der Waals surface area contributed by atoms with Crippen LogP contribution < -0.4 is 10.2 Å². The number of hydrogen-bond acceptors (Lipinski definition) is 10. The normalized spacial score (nSPS) is 31.6. The number of allylic oxidation sites excluding steroid dienone is 3. The second-order valence-electron chi connectivity index (χ2n) is 15.2. The molecule has 0 spiro atoms. The van der Waals surface area contributed by atoms with Crippen molar-refractivity contribution >= 4 is 52.9 Å². The number of Topliss-reactive ketones (excluding diaryl/α,β-unsaturated/α-hetero) is 1. The van der Waals surface area contributed by atoms with Crippen LogP contribution in [0.3, 0.4) is 0 Å². The predicted octanol–water partition coefficient (Wildman–Crippen LogP) is 5.03. The van der Waals surface area contributed by atoms with Crippen LogP contribution in [-0.4, -0.2) is 88.8 Å². The van der Waals surface area contributed by atoms with E-state index < -0.39 is 65.4 Å². The van der Waals surface area contributed by atoms with Crippen molar-refractivity contribution in [1.82, 2.24) is 10.2 Å². The van der Waals surface area contributed by atoms with E-state index in [1.807, 2.05) is 58.1 Å². The lowest BCUT2D eigenvalue weighted by atomic mass is 9.82. The van der Waals surface area contributed by atoms with E-state index in [0.717, 1.165) is 21.6 Å². The SMILES string of the molecule is C/C1=C\C=C\C(C)C2(O)CC(OC(=O)N2)C(C)C2OC2(C)C(OC(=O)CCCC(=O)CCCN2C(=O)C=CC2=O)CC(=O)N(C)c2cc(cc(C)c2Cl)C1. The number of carbonyl (C=O) groups excluding carboxylic acids is 6. The van der Waals surface area contributed by atoms with Crippen LogP contribution in [0.2, 0.25) is 5.02 Å². The van der Waals surface area contributed by atoms with E-state index in [1.54, 1.807) is 14.0 Å². The van der Waals surface area contributed by atoms with Gasteiger partial charge in [0.05, 0.1) is 23.2 Å². The van der Waals surface area contributed by atoms with Gasteiger partial charge in [0.2, 0.25) is 5.91 Å². The summed E-state index contributed by atoms with van der Waals surface area (Å²) in [7, 11) is 1.62. The summed E-state index contributed by atoms with van der Waals surface area (Å²) < 4.78 is 17.9. The highest BCUT2D eigenvalue weighted by Crippen LogP contribution is 2.49. The molecule has 2 N–H and O–H groups in total. The highest BCUT2D eigenvalue weighted by molar-refractivity contribution is 6.34. The number of esters is 1. The van der Waals surface area contributed by atoms with Gasteiger partial charge in [-0.1, -0.05) is 55.3 Å². The summed E-state index contributed by atoms with van der Waals surface area (Å²) in [6.45, 7) is 9.35. The molecule has 13 nitrogen and oxygen atoms in total. The number of aliphatic hydroxyl groups is 1. The molecule has 1 aromatic rings. The van der Waals surface area contributed by atoms with Gasteiger partial charge >= 0.3 is 12.1 Å². The molecule has 7 unspecified atom stereocenters. The van der Waals surface area contributed by atoms with Gasteiger partial charge in [0, 0.05) is 63.3 Å². The number of carbonyl (C=O) groups is 6. The molecule has 4 aliphatic rings. The summed E-state index contributed by atoms with van der Waals surface area (Å²) in [5.74, 6) is -2.87. The van der Waals surface area contributed by atoms with Crippen molar-refractivity contribution < 1.29 is 48.1 Å². The van der Waals surface area contributed by atoms with Crippen molar-refractivity contribution in [1.29, 1.82) is 0 Å². The third kappa shape index (κ3) is 9.30. The number of ether oxygens (including phenoxy) is 3. The Labute approximate surface area is 320 Å². The second-order valence-corrected chi connectivity index (χ2v) is 15.6. The van der Waals surface area contributed by atoms with Crippen molar-refractivity contribution in [2.24, 2.45) is 11.8 Å². The number of fused-ring (bicyclic) bond motifs is 5. The zero-order valence-corrected chi connectivity index (χ0v) is 32.4. The minimum Gasteiger partial charge on any atom is -0.459 e. The Morgan fingerprint density at radius 1 is 1.06 bits per heavy atom. The number of rotatable bonds is 9. The average molecular weight is 768 g/mol. The number of nitrogens with zero attached hydrogens (tertiary/aromatic N) is 2. The number of aryl methyl sites for hydroxylation is 1. The van der Waals surface area contributed by atoms with Gasteiger partial charge in [-0.25, -0.2) is 4.79 Å². The van der Waals surface area contributed by atoms with Crippen LogP contribution in [0.4, 0.5) is 10.5 Å². The molecule has 4 heterocycles. The first kappa shape index (κ1) is 40.8. The number of ketones is 1. The third-order valence-corrected chi connectivity index (χ3v) is 11.4. The van der Waals surface area contributed by atoms with Gasteiger partial charge in [-0.15, -0.1) is 0 Å². The maximum Gasteiger partial charge on any atom is 0.409 e. The number of halogens is 1. The Bertz CT molecular complexity index is 1770. The lowest BCUT2D eigenvalue weighted by Gasteiger charge is -2.41. The number of imide groups is 1. The lowest BCUT2D eigenvalue weighted by molar-refractivity contribution is -0.154. The molecule has 7 atom stereocenters. The summed E-state index contributed by atoms with van der Waals surface area (Å²) in [6.07, 6.45) is 5.85. The maximum absolute atomic E-state index is 14.0. The molecule has 2 saturated heterocycles. The molecule has 0 aliphatic carbocycles. The first-order valence-corrected chi connectivity index (χ1v) is 18.8. The number of nitrogens with one attached hydrogen (secondary N) is 1. The quantitative estimate of drug-likeness (QED) is 0.197. The molecule has 5 rings (SSSR count). The van der Waals surface area contributed by atoms with E-state index in [0.29, 0.717) is 23.6 Å². The van der Waals surface area contributed by atoms with Crippen molar-refractivity contribution in [3.8, 4) is 0 Å². The molecule has 0 radical (unpaired) electrons. The second kappa shape index (κ2) is 16.6. The number of epoxide rings is 1. The number of hydrogen-bond donors (Lipinski definition) is 2. The van der Waals surface area contributed by atoms with E-state index in [-0.39, 0.29) is 56.8 Å². The van der Waals surface area contributed by atoms with Crippen LogP contribution in [0.1, 0.15) is 83.8 Å². The van der Waals surface area contributed by atoms with Gasteiger partial charge in [-0.3, -0.25) is 34.2 Å². The molecular weight excluding hydrogens is 718 g/mol. The van der Waals surface area contributed by atoms with E-state index in [2.05, 4.69) is 5.32 Å². The Balaban J connectivity index is 1.34. The van der Waals surface area contributed by atoms with Gasteiger partial charge in [0.25, 0.3) is 11.8 Å². The number of benzene rings is 1. The van der Waals surface area contributed by atoms with Crippen molar-refractivity contribution in [3.05, 3.63) is 64.2 Å². The van der Waals surface area contributed by atoms with Crippen molar-refractivity contribution in [2.45, 2.75) is 116 Å². The molecule has 0 aromatic heterocycles. The highest BCUT2D eigenvalue weighted by Gasteiger charge is 2.64. The molecule has 54 heavy (non-hydrogen) atoms. The monoisotopic (exact) mass is 767 g/mol. The summed E-state index contributed by atoms with van der Waals surface area (Å²) >= 11 is 6.75. The van der Waals surface area contributed by atoms with Crippen LogP contribution in [-0.2, 0) is 44.6 Å². The van der Waals surface area contributed by atoms with E-state index >= 15 is 0 Å². The molecule has 292 valence electrons. The van der Waals surface area contributed by atoms with E-state index in [1.165, 1.54) is 17.1 Å². The van der Waals surface area contributed by atoms with Gasteiger partial charge in [0.1, 0.15) is 29.3 Å². The number of anilines is 1. The van der Waals surface area contributed by atoms with Crippen molar-refractivity contribution in [2.75, 3.05) is 18.5 Å². The fourth-order valence-corrected chi connectivity index (χ4v) is 7.64. The Hall–Kier alpha value is -4.33. The average Bonchev–Trinajstić information content (AvgIpc) is 3.70. The smallest absolute Gasteiger partial charge is 0.409 e. The van der Waals surface area contributed by atoms with Gasteiger partial charge < -0.3 is 24.2 Å². The topological polar surface area (TPSA) is 172 Å². The Morgan fingerprint density at radius 3 is 2.44 bits per heavy atom. The maximum atomic E-state index is 14.0. The fourth-order valence-electron chi connectivity index (χ4n) is 7.41. The third-order valence-electron chi connectivity index (χ3n) is 10.9. The molecule has 0 saturated carbocycles. The zero-order chi connectivity index (χ0) is 39.5. The summed E-state index contributed by atoms with van der Waals surface area (Å²) in [5, 5.41) is 14.6. The molecule has 14 heteroatoms. The summed E-state index contributed by atoms with van der Waals surface area (Å²) in [4.78, 5) is 78.6. The number of amides is 4.